The number of hydrogen-bond donors (Lipinski definition) is 1. The number of carbonyl (C=O) groups is 1. The summed E-state index contributed by atoms with van der Waals surface area (Å²) in [6.07, 6.45) is 5.00. The van der Waals surface area contributed by atoms with E-state index in [2.05, 4.69) is 9.97 Å². The molecule has 2 aromatic heterocycles. The quantitative estimate of drug-likeness (QED) is 0.718. The molecule has 1 unspecified atom stereocenters. The van der Waals surface area contributed by atoms with Crippen LogP contribution >= 0.6 is 0 Å². The van der Waals surface area contributed by atoms with E-state index in [1.165, 1.54) is 6.07 Å². The summed E-state index contributed by atoms with van der Waals surface area (Å²) in [5.74, 6) is 1.86. The van der Waals surface area contributed by atoms with Gasteiger partial charge in [-0.1, -0.05) is 18.2 Å². The Morgan fingerprint density at radius 1 is 1.28 bits per heavy atom. The number of hydrogen-bond acceptors (Lipinski definition) is 5. The number of pyridine rings is 1. The van der Waals surface area contributed by atoms with Crippen molar-refractivity contribution in [2.75, 3.05) is 13.7 Å². The van der Waals surface area contributed by atoms with Crippen LogP contribution in [0.4, 0.5) is 0 Å². The van der Waals surface area contributed by atoms with E-state index in [1.54, 1.807) is 30.3 Å². The highest BCUT2D eigenvalue weighted by atomic mass is 16.5. The maximum Gasteiger partial charge on any atom is 0.271 e. The smallest absolute Gasteiger partial charge is 0.271 e. The molecule has 1 amide bonds. The first-order valence-electron chi connectivity index (χ1n) is 9.72. The number of ether oxygens (including phenoxy) is 1. The zero-order chi connectivity index (χ0) is 20.2. The molecule has 0 radical (unpaired) electrons. The van der Waals surface area contributed by atoms with Gasteiger partial charge < -0.3 is 19.0 Å². The number of piperidine rings is 1. The van der Waals surface area contributed by atoms with Gasteiger partial charge in [0.05, 0.1) is 13.3 Å². The van der Waals surface area contributed by atoms with Gasteiger partial charge in [0.2, 0.25) is 11.4 Å². The topological polar surface area (TPSA) is 88.4 Å². The molecule has 4 rings (SSSR count). The van der Waals surface area contributed by atoms with Crippen LogP contribution in [0, 0.1) is 0 Å². The van der Waals surface area contributed by atoms with Gasteiger partial charge >= 0.3 is 0 Å². The minimum atomic E-state index is -0.291. The highest BCUT2D eigenvalue weighted by Gasteiger charge is 2.32. The number of H-pyrrole nitrogens is 1. The van der Waals surface area contributed by atoms with Crippen LogP contribution in [-0.4, -0.2) is 34.4 Å². The van der Waals surface area contributed by atoms with Crippen LogP contribution in [0.3, 0.4) is 0 Å². The molecule has 7 nitrogen and oxygen atoms in total. The standard InChI is InChI=1S/C22H23N3O4/c1-28-16-7-4-6-15(12-16)13-17-14-23-21(29-17)19-9-2-3-11-25(19)22(27)18-8-5-10-20(26)24-18/h4-8,10,12,14,19H,2-3,9,11,13H2,1H3,(H,24,26). The minimum Gasteiger partial charge on any atom is -0.497 e. The molecule has 1 fully saturated rings. The Bertz CT molecular complexity index is 1060. The summed E-state index contributed by atoms with van der Waals surface area (Å²) < 4.78 is 11.3. The molecule has 1 N–H and O–H groups in total. The maximum absolute atomic E-state index is 13.0. The molecule has 0 aliphatic carbocycles. The number of oxazole rings is 1. The number of benzene rings is 1. The average molecular weight is 393 g/mol. The lowest BCUT2D eigenvalue weighted by Gasteiger charge is -2.33. The lowest BCUT2D eigenvalue weighted by molar-refractivity contribution is 0.0563. The second kappa shape index (κ2) is 8.34. The molecule has 0 saturated carbocycles. The van der Waals surface area contributed by atoms with Gasteiger partial charge in [-0.3, -0.25) is 9.59 Å². The van der Waals surface area contributed by atoms with Crippen molar-refractivity contribution in [1.29, 1.82) is 0 Å². The van der Waals surface area contributed by atoms with Gasteiger partial charge in [0, 0.05) is 19.0 Å². The molecule has 7 heteroatoms. The van der Waals surface area contributed by atoms with E-state index in [4.69, 9.17) is 9.15 Å². The minimum absolute atomic E-state index is 0.208. The summed E-state index contributed by atoms with van der Waals surface area (Å²) in [7, 11) is 1.64. The Morgan fingerprint density at radius 3 is 2.97 bits per heavy atom. The number of carbonyl (C=O) groups excluding carboxylic acids is 1. The summed E-state index contributed by atoms with van der Waals surface area (Å²) in [4.78, 5) is 33.4. The van der Waals surface area contributed by atoms with Crippen molar-refractivity contribution < 1.29 is 13.9 Å². The molecule has 1 aliphatic rings. The largest absolute Gasteiger partial charge is 0.497 e. The molecule has 3 aromatic rings. The summed E-state index contributed by atoms with van der Waals surface area (Å²) in [6, 6.07) is 12.2. The Morgan fingerprint density at radius 2 is 2.14 bits per heavy atom. The predicted octanol–water partition coefficient (Wildman–Crippen LogP) is 3.33. The van der Waals surface area contributed by atoms with Crippen molar-refractivity contribution in [3.63, 3.8) is 0 Å². The molecule has 1 aliphatic heterocycles. The van der Waals surface area contributed by atoms with E-state index < -0.39 is 0 Å². The molecular formula is C22H23N3O4. The highest BCUT2D eigenvalue weighted by molar-refractivity contribution is 5.92. The molecule has 3 heterocycles. The zero-order valence-corrected chi connectivity index (χ0v) is 16.3. The highest BCUT2D eigenvalue weighted by Crippen LogP contribution is 2.32. The van der Waals surface area contributed by atoms with Crippen molar-refractivity contribution in [3.05, 3.63) is 81.9 Å². The van der Waals surface area contributed by atoms with E-state index in [9.17, 15) is 9.59 Å². The number of methoxy groups -OCH3 is 1. The van der Waals surface area contributed by atoms with Crippen LogP contribution < -0.4 is 10.3 Å². The fraction of sp³-hybridized carbons (Fsp3) is 0.318. The van der Waals surface area contributed by atoms with Gasteiger partial charge in [-0.2, -0.15) is 0 Å². The number of aromatic nitrogens is 2. The molecular weight excluding hydrogens is 370 g/mol. The van der Waals surface area contributed by atoms with Crippen molar-refractivity contribution >= 4 is 5.91 Å². The van der Waals surface area contributed by atoms with Crippen LogP contribution in [0.1, 0.15) is 53.0 Å². The predicted molar refractivity (Wildman–Crippen MR) is 107 cm³/mol. The maximum atomic E-state index is 13.0. The summed E-state index contributed by atoms with van der Waals surface area (Å²) in [6.45, 7) is 0.605. The third-order valence-corrected chi connectivity index (χ3v) is 5.13. The molecule has 0 bridgehead atoms. The van der Waals surface area contributed by atoms with Crippen LogP contribution in [0.25, 0.3) is 0 Å². The molecule has 1 atom stereocenters. The van der Waals surface area contributed by atoms with Gasteiger partial charge in [-0.15, -0.1) is 0 Å². The van der Waals surface area contributed by atoms with Gasteiger partial charge in [0.1, 0.15) is 23.2 Å². The average Bonchev–Trinajstić information content (AvgIpc) is 3.21. The van der Waals surface area contributed by atoms with E-state index in [0.717, 1.165) is 36.3 Å². The van der Waals surface area contributed by atoms with Crippen LogP contribution in [0.15, 0.2) is 57.9 Å². The van der Waals surface area contributed by atoms with Crippen LogP contribution in [-0.2, 0) is 6.42 Å². The summed E-state index contributed by atoms with van der Waals surface area (Å²) in [5.41, 5.74) is 1.05. The Balaban J connectivity index is 1.54. The van der Waals surface area contributed by atoms with Crippen LogP contribution in [0.2, 0.25) is 0 Å². The van der Waals surface area contributed by atoms with E-state index >= 15 is 0 Å². The van der Waals surface area contributed by atoms with Gasteiger partial charge in [-0.05, 0) is 43.0 Å². The molecule has 1 aromatic carbocycles. The van der Waals surface area contributed by atoms with Crippen LogP contribution in [0.5, 0.6) is 5.75 Å². The monoisotopic (exact) mass is 393 g/mol. The molecule has 1 saturated heterocycles. The number of nitrogens with zero attached hydrogens (tertiary/aromatic N) is 2. The lowest BCUT2D eigenvalue weighted by Crippen LogP contribution is -2.39. The van der Waals surface area contributed by atoms with Crippen molar-refractivity contribution in [3.8, 4) is 5.75 Å². The number of nitrogens with one attached hydrogen (secondary N) is 1. The third-order valence-electron chi connectivity index (χ3n) is 5.13. The first kappa shape index (κ1) is 19.0. The van der Waals surface area contributed by atoms with E-state index in [1.807, 2.05) is 24.3 Å². The molecule has 29 heavy (non-hydrogen) atoms. The van der Waals surface area contributed by atoms with Gasteiger partial charge in [0.15, 0.2) is 0 Å². The molecule has 0 spiro atoms. The Kier molecular flexibility index (Phi) is 5.46. The van der Waals surface area contributed by atoms with E-state index in [0.29, 0.717) is 18.9 Å². The summed E-state index contributed by atoms with van der Waals surface area (Å²) >= 11 is 0. The zero-order valence-electron chi connectivity index (χ0n) is 16.3. The fourth-order valence-corrected chi connectivity index (χ4v) is 3.70. The van der Waals surface area contributed by atoms with Gasteiger partial charge in [0.25, 0.3) is 5.91 Å². The number of aromatic amines is 1. The number of likely N-dealkylation sites (tertiary alicyclic amines) is 1. The number of amides is 1. The van der Waals surface area contributed by atoms with E-state index in [-0.39, 0.29) is 23.2 Å². The summed E-state index contributed by atoms with van der Waals surface area (Å²) in [5, 5.41) is 0. The Hall–Kier alpha value is -3.35. The normalized spacial score (nSPS) is 16.6. The SMILES string of the molecule is COc1cccc(Cc2cnc(C3CCCCN3C(=O)c3cccc(=O)[nH]3)o2)c1. The van der Waals surface area contributed by atoms with Crippen molar-refractivity contribution in [2.45, 2.75) is 31.7 Å². The van der Waals surface area contributed by atoms with Crippen molar-refractivity contribution in [2.24, 2.45) is 0 Å². The van der Waals surface area contributed by atoms with Gasteiger partial charge in [-0.25, -0.2) is 4.98 Å². The number of rotatable bonds is 5. The second-order valence-electron chi connectivity index (χ2n) is 7.13. The third kappa shape index (κ3) is 4.23. The first-order valence-corrected chi connectivity index (χ1v) is 9.72. The lowest BCUT2D eigenvalue weighted by atomic mass is 10.0. The first-order chi connectivity index (χ1) is 14.1. The fourth-order valence-electron chi connectivity index (χ4n) is 3.70. The molecule has 150 valence electrons. The second-order valence-corrected chi connectivity index (χ2v) is 7.13. The Labute approximate surface area is 168 Å². The van der Waals surface area contributed by atoms with Crippen molar-refractivity contribution in [1.82, 2.24) is 14.9 Å².